The minimum absolute atomic E-state index is 0.402. The molecule has 1 atom stereocenters. The number of benzene rings is 1. The van der Waals surface area contributed by atoms with E-state index in [-0.39, 0.29) is 0 Å². The van der Waals surface area contributed by atoms with Crippen LogP contribution in [0.3, 0.4) is 0 Å². The lowest BCUT2D eigenvalue weighted by Crippen LogP contribution is -2.20. The number of fused-ring (bicyclic) bond motifs is 1. The highest BCUT2D eigenvalue weighted by molar-refractivity contribution is 7.71. The van der Waals surface area contributed by atoms with Gasteiger partial charge < -0.3 is 4.98 Å². The standard InChI is InChI=1S/C14H14N2S/c1-2-10-8-13(17)16-14(15-10)12-7-9-5-3-4-6-11(9)12/h3-6,8,12H,2,7H2,1H3,(H,15,16,17). The zero-order valence-electron chi connectivity index (χ0n) is 9.73. The van der Waals surface area contributed by atoms with Crippen molar-refractivity contribution in [1.29, 1.82) is 0 Å². The van der Waals surface area contributed by atoms with Crippen LogP contribution in [-0.4, -0.2) is 9.97 Å². The molecule has 1 heterocycles. The van der Waals surface area contributed by atoms with Crippen molar-refractivity contribution >= 4 is 12.2 Å². The summed E-state index contributed by atoms with van der Waals surface area (Å²) in [4.78, 5) is 7.86. The van der Waals surface area contributed by atoms with Gasteiger partial charge in [-0.15, -0.1) is 0 Å². The van der Waals surface area contributed by atoms with E-state index in [2.05, 4.69) is 41.2 Å². The van der Waals surface area contributed by atoms with Crippen LogP contribution in [0.1, 0.15) is 35.5 Å². The van der Waals surface area contributed by atoms with E-state index in [1.807, 2.05) is 6.07 Å². The van der Waals surface area contributed by atoms with Gasteiger partial charge in [0.1, 0.15) is 10.5 Å². The van der Waals surface area contributed by atoms with Gasteiger partial charge in [-0.2, -0.15) is 0 Å². The number of nitrogens with zero attached hydrogens (tertiary/aromatic N) is 1. The Balaban J connectivity index is 2.03. The van der Waals surface area contributed by atoms with Crippen LogP contribution < -0.4 is 0 Å². The fourth-order valence-corrected chi connectivity index (χ4v) is 2.63. The lowest BCUT2D eigenvalue weighted by atomic mass is 9.77. The third kappa shape index (κ3) is 1.80. The zero-order chi connectivity index (χ0) is 11.8. The van der Waals surface area contributed by atoms with Crippen molar-refractivity contribution in [2.45, 2.75) is 25.7 Å². The Kier molecular flexibility index (Phi) is 2.56. The van der Waals surface area contributed by atoms with Gasteiger partial charge in [-0.1, -0.05) is 43.4 Å². The molecule has 0 radical (unpaired) electrons. The molecule has 86 valence electrons. The summed E-state index contributed by atoms with van der Waals surface area (Å²) in [6, 6.07) is 10.5. The smallest absolute Gasteiger partial charge is 0.130 e. The van der Waals surface area contributed by atoms with Crippen molar-refractivity contribution in [1.82, 2.24) is 9.97 Å². The average Bonchev–Trinajstić information content (AvgIpc) is 2.30. The number of aromatic amines is 1. The van der Waals surface area contributed by atoms with Crippen molar-refractivity contribution in [3.63, 3.8) is 0 Å². The molecule has 0 saturated carbocycles. The van der Waals surface area contributed by atoms with Gasteiger partial charge in [0.15, 0.2) is 0 Å². The molecule has 17 heavy (non-hydrogen) atoms. The number of aromatic nitrogens is 2. The molecule has 1 aromatic carbocycles. The highest BCUT2D eigenvalue weighted by Crippen LogP contribution is 2.38. The van der Waals surface area contributed by atoms with E-state index in [1.165, 1.54) is 16.8 Å². The highest BCUT2D eigenvalue weighted by atomic mass is 32.1. The second kappa shape index (κ2) is 4.08. The molecule has 0 aliphatic heterocycles. The number of aryl methyl sites for hydroxylation is 1. The Bertz CT molecular complexity index is 616. The maximum Gasteiger partial charge on any atom is 0.130 e. The summed E-state index contributed by atoms with van der Waals surface area (Å²) in [5, 5.41) is 0. The fourth-order valence-electron chi connectivity index (χ4n) is 2.39. The van der Waals surface area contributed by atoms with E-state index >= 15 is 0 Å². The Morgan fingerprint density at radius 2 is 2.24 bits per heavy atom. The van der Waals surface area contributed by atoms with Gasteiger partial charge in [0.05, 0.1) is 0 Å². The van der Waals surface area contributed by atoms with Crippen LogP contribution in [0.25, 0.3) is 0 Å². The van der Waals surface area contributed by atoms with Crippen molar-refractivity contribution in [2.75, 3.05) is 0 Å². The van der Waals surface area contributed by atoms with E-state index in [4.69, 9.17) is 12.2 Å². The predicted molar refractivity (Wildman–Crippen MR) is 70.8 cm³/mol. The summed E-state index contributed by atoms with van der Waals surface area (Å²) in [7, 11) is 0. The van der Waals surface area contributed by atoms with Gasteiger partial charge in [0.2, 0.25) is 0 Å². The monoisotopic (exact) mass is 242 g/mol. The van der Waals surface area contributed by atoms with Crippen LogP contribution >= 0.6 is 12.2 Å². The maximum atomic E-state index is 5.21. The third-order valence-electron chi connectivity index (χ3n) is 3.38. The van der Waals surface area contributed by atoms with Crippen molar-refractivity contribution < 1.29 is 0 Å². The first-order valence-electron chi connectivity index (χ1n) is 5.96. The quantitative estimate of drug-likeness (QED) is 0.818. The summed E-state index contributed by atoms with van der Waals surface area (Å²) in [6.07, 6.45) is 2.04. The molecule has 3 rings (SSSR count). The molecule has 0 amide bonds. The van der Waals surface area contributed by atoms with E-state index in [1.54, 1.807) is 0 Å². The summed E-state index contributed by atoms with van der Waals surface area (Å²) >= 11 is 5.21. The van der Waals surface area contributed by atoms with Gasteiger partial charge >= 0.3 is 0 Å². The largest absolute Gasteiger partial charge is 0.347 e. The van der Waals surface area contributed by atoms with E-state index < -0.39 is 0 Å². The number of rotatable bonds is 2. The van der Waals surface area contributed by atoms with Crippen molar-refractivity contribution in [2.24, 2.45) is 0 Å². The first-order valence-corrected chi connectivity index (χ1v) is 6.36. The summed E-state index contributed by atoms with van der Waals surface area (Å²) in [5.41, 5.74) is 3.99. The van der Waals surface area contributed by atoms with Crippen LogP contribution in [0.5, 0.6) is 0 Å². The molecule has 3 heteroatoms. The Labute approximate surface area is 106 Å². The van der Waals surface area contributed by atoms with Crippen LogP contribution in [0.2, 0.25) is 0 Å². The number of hydrogen-bond donors (Lipinski definition) is 1. The van der Waals surface area contributed by atoms with Crippen LogP contribution in [-0.2, 0) is 12.8 Å². The van der Waals surface area contributed by atoms with Gasteiger partial charge in [0, 0.05) is 11.6 Å². The normalized spacial score (nSPS) is 17.4. The van der Waals surface area contributed by atoms with Crippen LogP contribution in [0.4, 0.5) is 0 Å². The van der Waals surface area contributed by atoms with Gasteiger partial charge in [-0.3, -0.25) is 0 Å². The molecule has 1 aliphatic carbocycles. The molecular weight excluding hydrogens is 228 g/mol. The van der Waals surface area contributed by atoms with E-state index in [0.717, 1.165) is 18.7 Å². The zero-order valence-corrected chi connectivity index (χ0v) is 10.6. The lowest BCUT2D eigenvalue weighted by Gasteiger charge is -2.29. The molecule has 2 nitrogen and oxygen atoms in total. The molecule has 1 aromatic heterocycles. The fraction of sp³-hybridized carbons (Fsp3) is 0.286. The minimum atomic E-state index is 0.402. The third-order valence-corrected chi connectivity index (χ3v) is 3.59. The molecule has 2 aromatic rings. The molecule has 0 fully saturated rings. The molecular formula is C14H14N2S. The van der Waals surface area contributed by atoms with Gasteiger partial charge in [0.25, 0.3) is 0 Å². The van der Waals surface area contributed by atoms with E-state index in [0.29, 0.717) is 10.6 Å². The maximum absolute atomic E-state index is 5.21. The van der Waals surface area contributed by atoms with Crippen molar-refractivity contribution in [3.8, 4) is 0 Å². The highest BCUT2D eigenvalue weighted by Gasteiger charge is 2.28. The summed E-state index contributed by atoms with van der Waals surface area (Å²) < 4.78 is 0.694. The predicted octanol–water partition coefficient (Wildman–Crippen LogP) is 3.39. The number of nitrogens with one attached hydrogen (secondary N) is 1. The molecule has 0 spiro atoms. The first kappa shape index (κ1) is 10.7. The SMILES string of the molecule is CCc1cc(=S)nc(C2Cc3ccccc32)[nH]1. The van der Waals surface area contributed by atoms with Gasteiger partial charge in [-0.05, 0) is 30.0 Å². The average molecular weight is 242 g/mol. The van der Waals surface area contributed by atoms with Crippen LogP contribution in [0.15, 0.2) is 30.3 Å². The summed E-state index contributed by atoms with van der Waals surface area (Å²) in [6.45, 7) is 2.12. The Morgan fingerprint density at radius 3 is 3.00 bits per heavy atom. The van der Waals surface area contributed by atoms with E-state index in [9.17, 15) is 0 Å². The minimum Gasteiger partial charge on any atom is -0.347 e. The number of H-pyrrole nitrogens is 1. The molecule has 1 unspecified atom stereocenters. The second-order valence-electron chi connectivity index (χ2n) is 4.44. The topological polar surface area (TPSA) is 28.7 Å². The number of hydrogen-bond acceptors (Lipinski definition) is 2. The molecule has 1 aliphatic rings. The Hall–Kier alpha value is -1.48. The first-order chi connectivity index (χ1) is 8.28. The summed E-state index contributed by atoms with van der Waals surface area (Å²) in [5.74, 6) is 1.42. The lowest BCUT2D eigenvalue weighted by molar-refractivity contribution is 0.652. The van der Waals surface area contributed by atoms with Crippen molar-refractivity contribution in [3.05, 3.63) is 57.6 Å². The Morgan fingerprint density at radius 1 is 1.41 bits per heavy atom. The second-order valence-corrected chi connectivity index (χ2v) is 4.86. The molecule has 1 N–H and O–H groups in total. The van der Waals surface area contributed by atoms with Gasteiger partial charge in [-0.25, -0.2) is 4.98 Å². The van der Waals surface area contributed by atoms with Crippen LogP contribution in [0, 0.1) is 4.64 Å². The molecule has 0 saturated heterocycles. The molecule has 0 bridgehead atoms.